The summed E-state index contributed by atoms with van der Waals surface area (Å²) in [6.07, 6.45) is -4.10. The Morgan fingerprint density at radius 2 is 1.71 bits per heavy atom. The number of benzene rings is 1. The Morgan fingerprint density at radius 3 is 2.24 bits per heavy atom. The summed E-state index contributed by atoms with van der Waals surface area (Å²) in [5.41, 5.74) is 1.77. The monoisotopic (exact) mass is 246 g/mol. The van der Waals surface area contributed by atoms with E-state index in [2.05, 4.69) is 10.6 Å². The largest absolute Gasteiger partial charge is 0.404 e. The fraction of sp³-hybridized carbons (Fsp3) is 0.500. The van der Waals surface area contributed by atoms with Crippen LogP contribution in [0.5, 0.6) is 0 Å². The number of halogens is 3. The van der Waals surface area contributed by atoms with E-state index in [1.165, 1.54) is 0 Å². The summed E-state index contributed by atoms with van der Waals surface area (Å²) in [5, 5.41) is 5.24. The molecule has 0 aromatic heterocycles. The lowest BCUT2D eigenvalue weighted by Crippen LogP contribution is -2.46. The first-order valence-corrected chi connectivity index (χ1v) is 5.44. The summed E-state index contributed by atoms with van der Waals surface area (Å²) in [6, 6.07) is 5.84. The molecule has 2 rings (SSSR count). The number of hydrogen-bond donors (Lipinski definition) is 2. The van der Waals surface area contributed by atoms with Gasteiger partial charge in [-0.3, -0.25) is 0 Å². The molecule has 1 aliphatic rings. The molecule has 2 nitrogen and oxygen atoms in total. The Balaban J connectivity index is 0.000000437. The van der Waals surface area contributed by atoms with E-state index in [0.29, 0.717) is 6.54 Å². The van der Waals surface area contributed by atoms with E-state index in [1.807, 2.05) is 26.2 Å². The van der Waals surface area contributed by atoms with Gasteiger partial charge in [0.15, 0.2) is 0 Å². The van der Waals surface area contributed by atoms with Crippen LogP contribution in [-0.4, -0.2) is 26.3 Å². The van der Waals surface area contributed by atoms with Crippen LogP contribution < -0.4 is 10.6 Å². The summed E-state index contributed by atoms with van der Waals surface area (Å²) in [5.74, 6) is 0. The van der Waals surface area contributed by atoms with Crippen LogP contribution in [-0.2, 0) is 13.0 Å². The molecule has 1 unspecified atom stereocenters. The van der Waals surface area contributed by atoms with Gasteiger partial charge in [0.05, 0.1) is 0 Å². The lowest BCUT2D eigenvalue weighted by atomic mass is 9.96. The highest BCUT2D eigenvalue weighted by molar-refractivity contribution is 5.30. The predicted octanol–water partition coefficient (Wildman–Crippen LogP) is 2.10. The quantitative estimate of drug-likeness (QED) is 0.732. The Hall–Kier alpha value is -1.07. The van der Waals surface area contributed by atoms with Crippen molar-refractivity contribution >= 4 is 0 Å². The maximum Gasteiger partial charge on any atom is 0.404 e. The fourth-order valence-electron chi connectivity index (χ4n) is 1.69. The lowest BCUT2D eigenvalue weighted by molar-refractivity contribution is -0.157. The van der Waals surface area contributed by atoms with Crippen molar-refractivity contribution in [2.75, 3.05) is 14.1 Å². The van der Waals surface area contributed by atoms with E-state index in [-0.39, 0.29) is 6.42 Å². The van der Waals surface area contributed by atoms with Crippen molar-refractivity contribution in [3.8, 4) is 0 Å². The zero-order valence-electron chi connectivity index (χ0n) is 9.93. The van der Waals surface area contributed by atoms with Crippen molar-refractivity contribution in [2.45, 2.75) is 25.2 Å². The minimum absolute atomic E-state index is 0.0413. The molecular formula is C12H17F3N2. The average molecular weight is 246 g/mol. The van der Waals surface area contributed by atoms with Gasteiger partial charge in [-0.15, -0.1) is 0 Å². The zero-order valence-corrected chi connectivity index (χ0v) is 9.93. The molecule has 0 saturated carbocycles. The highest BCUT2D eigenvalue weighted by Gasteiger charge is 2.40. The topological polar surface area (TPSA) is 24.1 Å². The summed E-state index contributed by atoms with van der Waals surface area (Å²) < 4.78 is 37.1. The number of alkyl halides is 3. The molecule has 0 aliphatic carbocycles. The first kappa shape index (κ1) is 14.0. The molecule has 0 amide bonds. The maximum atomic E-state index is 12.4. The van der Waals surface area contributed by atoms with Crippen molar-refractivity contribution in [1.29, 1.82) is 0 Å². The molecule has 17 heavy (non-hydrogen) atoms. The van der Waals surface area contributed by atoms with Gasteiger partial charge in [-0.05, 0) is 31.6 Å². The van der Waals surface area contributed by atoms with Gasteiger partial charge in [-0.2, -0.15) is 13.2 Å². The zero-order chi connectivity index (χ0) is 12.9. The van der Waals surface area contributed by atoms with Crippen LogP contribution in [0.4, 0.5) is 13.2 Å². The molecule has 1 heterocycles. The number of hydrogen-bond acceptors (Lipinski definition) is 2. The van der Waals surface area contributed by atoms with Gasteiger partial charge in [0.2, 0.25) is 0 Å². The second-order valence-electron chi connectivity index (χ2n) is 3.95. The highest BCUT2D eigenvalue weighted by atomic mass is 19.4. The van der Waals surface area contributed by atoms with E-state index in [0.717, 1.165) is 11.1 Å². The maximum absolute atomic E-state index is 12.4. The molecule has 1 aromatic rings. The molecular weight excluding hydrogens is 229 g/mol. The molecule has 0 radical (unpaired) electrons. The molecule has 0 spiro atoms. The molecule has 96 valence electrons. The van der Waals surface area contributed by atoms with Crippen molar-refractivity contribution in [1.82, 2.24) is 10.6 Å². The Labute approximate surface area is 99.2 Å². The molecule has 1 aromatic carbocycles. The van der Waals surface area contributed by atoms with Crippen molar-refractivity contribution < 1.29 is 13.2 Å². The van der Waals surface area contributed by atoms with Gasteiger partial charge in [0.1, 0.15) is 6.04 Å². The Morgan fingerprint density at radius 1 is 1.18 bits per heavy atom. The first-order chi connectivity index (χ1) is 7.99. The Kier molecular flexibility index (Phi) is 4.96. The number of nitrogens with one attached hydrogen (secondary N) is 2. The van der Waals surface area contributed by atoms with Crippen LogP contribution in [0.1, 0.15) is 11.1 Å². The van der Waals surface area contributed by atoms with Crippen LogP contribution in [0.15, 0.2) is 24.3 Å². The molecule has 1 atom stereocenters. The molecule has 0 saturated heterocycles. The first-order valence-electron chi connectivity index (χ1n) is 5.44. The van der Waals surface area contributed by atoms with Crippen LogP contribution in [0.25, 0.3) is 0 Å². The highest BCUT2D eigenvalue weighted by Crippen LogP contribution is 2.27. The van der Waals surface area contributed by atoms with Gasteiger partial charge < -0.3 is 10.6 Å². The van der Waals surface area contributed by atoms with Crippen molar-refractivity contribution in [3.63, 3.8) is 0 Å². The van der Waals surface area contributed by atoms with Crippen molar-refractivity contribution in [2.24, 2.45) is 0 Å². The summed E-state index contributed by atoms with van der Waals surface area (Å²) >= 11 is 0. The van der Waals surface area contributed by atoms with E-state index in [4.69, 9.17) is 0 Å². The molecule has 0 bridgehead atoms. The lowest BCUT2D eigenvalue weighted by Gasteiger charge is -2.27. The van der Waals surface area contributed by atoms with Gasteiger partial charge in [0.25, 0.3) is 0 Å². The van der Waals surface area contributed by atoms with E-state index in [1.54, 1.807) is 12.1 Å². The van der Waals surface area contributed by atoms with Gasteiger partial charge in [-0.25, -0.2) is 0 Å². The molecule has 1 aliphatic heterocycles. The van der Waals surface area contributed by atoms with Gasteiger partial charge >= 0.3 is 6.18 Å². The van der Waals surface area contributed by atoms with E-state index >= 15 is 0 Å². The van der Waals surface area contributed by atoms with Crippen LogP contribution in [0, 0.1) is 0 Å². The number of fused-ring (bicyclic) bond motifs is 1. The fourth-order valence-corrected chi connectivity index (χ4v) is 1.69. The third-order valence-corrected chi connectivity index (χ3v) is 2.48. The van der Waals surface area contributed by atoms with Crippen molar-refractivity contribution in [3.05, 3.63) is 35.4 Å². The number of rotatable bonds is 0. The predicted molar refractivity (Wildman–Crippen MR) is 61.8 cm³/mol. The van der Waals surface area contributed by atoms with Crippen LogP contribution >= 0.6 is 0 Å². The summed E-state index contributed by atoms with van der Waals surface area (Å²) in [7, 11) is 3.75. The second-order valence-corrected chi connectivity index (χ2v) is 3.95. The van der Waals surface area contributed by atoms with E-state index in [9.17, 15) is 13.2 Å². The summed E-state index contributed by atoms with van der Waals surface area (Å²) in [4.78, 5) is 0. The van der Waals surface area contributed by atoms with Crippen LogP contribution in [0.2, 0.25) is 0 Å². The summed E-state index contributed by atoms with van der Waals surface area (Å²) in [6.45, 7) is 0.306. The SMILES string of the molecule is CNC.FC(F)(F)C1Cc2ccccc2CN1. The molecule has 2 N–H and O–H groups in total. The van der Waals surface area contributed by atoms with Gasteiger partial charge in [-0.1, -0.05) is 24.3 Å². The standard InChI is InChI=1S/C10H10F3N.C2H7N/c11-10(12,13)9-5-7-3-1-2-4-8(7)6-14-9;1-3-2/h1-4,9,14H,5-6H2;3H,1-2H3. The molecule has 0 fully saturated rings. The molecule has 5 heteroatoms. The average Bonchev–Trinajstić information content (AvgIpc) is 2.28. The third-order valence-electron chi connectivity index (χ3n) is 2.48. The Bertz CT molecular complexity index is 350. The minimum Gasteiger partial charge on any atom is -0.323 e. The smallest absolute Gasteiger partial charge is 0.323 e. The van der Waals surface area contributed by atoms with Crippen LogP contribution in [0.3, 0.4) is 0 Å². The van der Waals surface area contributed by atoms with Gasteiger partial charge in [0, 0.05) is 6.54 Å². The minimum atomic E-state index is -4.15. The normalized spacial score (nSPS) is 19.0. The van der Waals surface area contributed by atoms with E-state index < -0.39 is 12.2 Å². The third kappa shape index (κ3) is 4.02. The second kappa shape index (κ2) is 6.02.